The summed E-state index contributed by atoms with van der Waals surface area (Å²) in [6.45, 7) is 7.41. The van der Waals surface area contributed by atoms with E-state index in [-0.39, 0.29) is 25.7 Å². The molecule has 0 aromatic heterocycles. The van der Waals surface area contributed by atoms with E-state index in [1.54, 1.807) is 36.4 Å². The maximum atomic E-state index is 14.7. The smallest absolute Gasteiger partial charge is 0.312 e. The molecule has 8 nitrogen and oxygen atoms in total. The van der Waals surface area contributed by atoms with Gasteiger partial charge in [0.2, 0.25) is 5.91 Å². The van der Waals surface area contributed by atoms with Crippen molar-refractivity contribution in [2.75, 3.05) is 24.7 Å². The number of rotatable bonds is 12. The molecule has 3 aliphatic heterocycles. The summed E-state index contributed by atoms with van der Waals surface area (Å²) in [7, 11) is 0. The summed E-state index contributed by atoms with van der Waals surface area (Å²) in [5, 5.41) is 11.0. The van der Waals surface area contributed by atoms with Crippen LogP contribution in [-0.2, 0) is 30.3 Å². The number of aliphatic hydroxyl groups excluding tert-OH is 1. The SMILES string of the molecule is C=CCCOC(=O)[C@@H]1[C@@H]2CCC3(O2)C(C(=O)N(CC=C)c2ccccc2Cl)N([C@@H](CO)Cc2ccccc2)C(=O)[C@H]13. The topological polar surface area (TPSA) is 96.4 Å². The first-order valence-corrected chi connectivity index (χ1v) is 14.3. The van der Waals surface area contributed by atoms with Gasteiger partial charge in [0.1, 0.15) is 11.6 Å². The molecule has 3 aliphatic rings. The van der Waals surface area contributed by atoms with Crippen LogP contribution in [0.1, 0.15) is 24.8 Å². The fourth-order valence-electron chi connectivity index (χ4n) is 6.76. The number of carbonyl (C=O) groups is 3. The minimum Gasteiger partial charge on any atom is -0.465 e. The van der Waals surface area contributed by atoms with Crippen molar-refractivity contribution in [3.05, 3.63) is 90.5 Å². The second-order valence-corrected chi connectivity index (χ2v) is 11.2. The van der Waals surface area contributed by atoms with Crippen LogP contribution >= 0.6 is 11.6 Å². The Labute approximate surface area is 245 Å². The Morgan fingerprint density at radius 2 is 1.90 bits per heavy atom. The second kappa shape index (κ2) is 12.2. The van der Waals surface area contributed by atoms with Crippen molar-refractivity contribution >= 4 is 35.1 Å². The number of esters is 1. The third-order valence-corrected chi connectivity index (χ3v) is 8.77. The number of anilines is 1. The lowest BCUT2D eigenvalue weighted by Crippen LogP contribution is -2.59. The molecule has 3 heterocycles. The van der Waals surface area contributed by atoms with Crippen LogP contribution in [0, 0.1) is 11.8 Å². The summed E-state index contributed by atoms with van der Waals surface area (Å²) in [5.74, 6) is -3.05. The highest BCUT2D eigenvalue weighted by atomic mass is 35.5. The second-order valence-electron chi connectivity index (χ2n) is 10.8. The van der Waals surface area contributed by atoms with Crippen molar-refractivity contribution in [3.8, 4) is 0 Å². The van der Waals surface area contributed by atoms with Crippen LogP contribution in [0.2, 0.25) is 5.02 Å². The molecule has 0 saturated carbocycles. The molecule has 5 rings (SSSR count). The number of carbonyl (C=O) groups excluding carboxylic acids is 3. The lowest BCUT2D eigenvalue weighted by molar-refractivity contribution is -0.155. The molecule has 0 radical (unpaired) electrons. The van der Waals surface area contributed by atoms with E-state index in [0.717, 1.165) is 5.56 Å². The maximum Gasteiger partial charge on any atom is 0.312 e. The summed E-state index contributed by atoms with van der Waals surface area (Å²) in [5.41, 5.74) is 0.133. The van der Waals surface area contributed by atoms with Gasteiger partial charge in [-0.3, -0.25) is 14.4 Å². The van der Waals surface area contributed by atoms with E-state index in [9.17, 15) is 19.5 Å². The summed E-state index contributed by atoms with van der Waals surface area (Å²) < 4.78 is 12.0. The average molecular weight is 579 g/mol. The molecule has 6 atom stereocenters. The summed E-state index contributed by atoms with van der Waals surface area (Å²) >= 11 is 6.53. The highest BCUT2D eigenvalue weighted by Crippen LogP contribution is 2.59. The molecule has 2 unspecified atom stereocenters. The molecular formula is C32H35ClN2O6. The fraction of sp³-hybridized carbons (Fsp3) is 0.406. The van der Waals surface area contributed by atoms with E-state index in [4.69, 9.17) is 21.1 Å². The first kappa shape index (κ1) is 29.0. The van der Waals surface area contributed by atoms with Crippen molar-refractivity contribution in [2.24, 2.45) is 11.8 Å². The van der Waals surface area contributed by atoms with Gasteiger partial charge in [-0.1, -0.05) is 66.2 Å². The van der Waals surface area contributed by atoms with Crippen molar-refractivity contribution in [1.29, 1.82) is 0 Å². The molecule has 1 spiro atoms. The lowest BCUT2D eigenvalue weighted by atomic mass is 9.70. The molecule has 1 N–H and O–H groups in total. The lowest BCUT2D eigenvalue weighted by Gasteiger charge is -2.39. The highest BCUT2D eigenvalue weighted by Gasteiger charge is 2.75. The number of halogens is 1. The van der Waals surface area contributed by atoms with Crippen molar-refractivity contribution in [1.82, 2.24) is 4.90 Å². The Balaban J connectivity index is 1.58. The third-order valence-electron chi connectivity index (χ3n) is 8.45. The summed E-state index contributed by atoms with van der Waals surface area (Å²) in [4.78, 5) is 45.4. The van der Waals surface area contributed by atoms with Gasteiger partial charge in [-0.05, 0) is 43.4 Å². The van der Waals surface area contributed by atoms with Gasteiger partial charge in [0.15, 0.2) is 0 Å². The largest absolute Gasteiger partial charge is 0.465 e. The first-order valence-electron chi connectivity index (χ1n) is 14.0. The van der Waals surface area contributed by atoms with Crippen molar-refractivity contribution < 1.29 is 29.0 Å². The van der Waals surface area contributed by atoms with Gasteiger partial charge in [-0.2, -0.15) is 0 Å². The number of amides is 2. The quantitative estimate of drug-likeness (QED) is 0.233. The van der Waals surface area contributed by atoms with Crippen LogP contribution < -0.4 is 4.90 Å². The zero-order valence-electron chi connectivity index (χ0n) is 22.9. The first-order chi connectivity index (χ1) is 19.9. The van der Waals surface area contributed by atoms with Gasteiger partial charge in [-0.15, -0.1) is 13.2 Å². The molecule has 2 aromatic carbocycles. The Hall–Kier alpha value is -3.46. The van der Waals surface area contributed by atoms with Gasteiger partial charge >= 0.3 is 5.97 Å². The maximum absolute atomic E-state index is 14.7. The summed E-state index contributed by atoms with van der Waals surface area (Å²) in [6.07, 6.45) is 4.45. The third kappa shape index (κ3) is 5.09. The predicted molar refractivity (Wildman–Crippen MR) is 155 cm³/mol. The van der Waals surface area contributed by atoms with Crippen LogP contribution in [-0.4, -0.2) is 71.3 Å². The number of nitrogens with zero attached hydrogens (tertiary/aromatic N) is 2. The fourth-order valence-corrected chi connectivity index (χ4v) is 7.00. The molecule has 216 valence electrons. The summed E-state index contributed by atoms with van der Waals surface area (Å²) in [6, 6.07) is 14.6. The molecule has 2 bridgehead atoms. The Kier molecular flexibility index (Phi) is 8.63. The van der Waals surface area contributed by atoms with E-state index in [2.05, 4.69) is 13.2 Å². The average Bonchev–Trinajstić information content (AvgIpc) is 3.63. The van der Waals surface area contributed by atoms with Crippen LogP contribution in [0.25, 0.3) is 0 Å². The predicted octanol–water partition coefficient (Wildman–Crippen LogP) is 3.96. The molecule has 9 heteroatoms. The molecule has 2 amide bonds. The zero-order valence-corrected chi connectivity index (χ0v) is 23.6. The van der Waals surface area contributed by atoms with Crippen LogP contribution in [0.5, 0.6) is 0 Å². The van der Waals surface area contributed by atoms with Gasteiger partial charge in [0.25, 0.3) is 5.91 Å². The Bertz CT molecular complexity index is 1320. The van der Waals surface area contributed by atoms with Gasteiger partial charge < -0.3 is 24.4 Å². The standard InChI is InChI=1S/C32H35ClN2O6/c1-3-5-18-40-31(39)26-25-15-16-32(41-25)27(26)29(37)35(22(20-36)19-21-11-7-6-8-12-21)28(32)30(38)34(17-4-2)24-14-10-9-13-23(24)33/h3-4,6-14,22,25-28,36H,1-2,5,15-20H2/t22-,25+,26-,27+,28?,32?/m1/s1. The van der Waals surface area contributed by atoms with Crippen molar-refractivity contribution in [2.45, 2.75) is 49.5 Å². The molecule has 2 aromatic rings. The van der Waals surface area contributed by atoms with Crippen LogP contribution in [0.4, 0.5) is 5.69 Å². The van der Waals surface area contributed by atoms with E-state index >= 15 is 0 Å². The Morgan fingerprint density at radius 1 is 1.17 bits per heavy atom. The molecule has 3 fully saturated rings. The number of likely N-dealkylation sites (tertiary alicyclic amines) is 1. The van der Waals surface area contributed by atoms with Gasteiger partial charge in [-0.25, -0.2) is 0 Å². The number of para-hydroxylation sites is 1. The monoisotopic (exact) mass is 578 g/mol. The Morgan fingerprint density at radius 3 is 2.59 bits per heavy atom. The van der Waals surface area contributed by atoms with E-state index < -0.39 is 47.5 Å². The zero-order chi connectivity index (χ0) is 29.1. The van der Waals surface area contributed by atoms with Crippen molar-refractivity contribution in [3.63, 3.8) is 0 Å². The highest BCUT2D eigenvalue weighted by molar-refractivity contribution is 6.34. The van der Waals surface area contributed by atoms with Gasteiger partial charge in [0.05, 0.1) is 47.9 Å². The number of aliphatic hydroxyl groups is 1. The number of fused-ring (bicyclic) bond motifs is 1. The molecule has 3 saturated heterocycles. The number of benzene rings is 2. The number of ether oxygens (including phenoxy) is 2. The molecule has 41 heavy (non-hydrogen) atoms. The van der Waals surface area contributed by atoms with E-state index in [1.807, 2.05) is 30.3 Å². The van der Waals surface area contributed by atoms with Gasteiger partial charge in [0, 0.05) is 6.54 Å². The van der Waals surface area contributed by atoms with E-state index in [1.165, 1.54) is 9.80 Å². The van der Waals surface area contributed by atoms with Crippen LogP contribution in [0.3, 0.4) is 0 Å². The number of hydrogen-bond donors (Lipinski definition) is 1. The number of hydrogen-bond acceptors (Lipinski definition) is 6. The normalized spacial score (nSPS) is 26.9. The van der Waals surface area contributed by atoms with E-state index in [0.29, 0.717) is 36.4 Å². The minimum atomic E-state index is -1.24. The van der Waals surface area contributed by atoms with Crippen LogP contribution in [0.15, 0.2) is 79.9 Å². The minimum absolute atomic E-state index is 0.140. The molecule has 0 aliphatic carbocycles. The molecular weight excluding hydrogens is 544 g/mol.